The number of aromatic amines is 1. The van der Waals surface area contributed by atoms with Crippen LogP contribution in [0.15, 0.2) is 6.20 Å². The molecule has 0 amide bonds. The first kappa shape index (κ1) is 11.3. The molecule has 2 heterocycles. The zero-order valence-corrected chi connectivity index (χ0v) is 10.6. The van der Waals surface area contributed by atoms with Crippen LogP contribution in [0.25, 0.3) is 0 Å². The van der Waals surface area contributed by atoms with E-state index in [-0.39, 0.29) is 0 Å². The molecule has 0 atom stereocenters. The summed E-state index contributed by atoms with van der Waals surface area (Å²) < 4.78 is 0. The van der Waals surface area contributed by atoms with Crippen molar-refractivity contribution in [3.63, 3.8) is 0 Å². The number of aromatic nitrogens is 2. The van der Waals surface area contributed by atoms with Gasteiger partial charge in [0.25, 0.3) is 0 Å². The highest BCUT2D eigenvalue weighted by molar-refractivity contribution is 5.21. The van der Waals surface area contributed by atoms with Crippen LogP contribution in [-0.4, -0.2) is 28.2 Å². The highest BCUT2D eigenvalue weighted by atomic mass is 15.2. The van der Waals surface area contributed by atoms with Gasteiger partial charge < -0.3 is 0 Å². The second kappa shape index (κ2) is 5.21. The predicted molar refractivity (Wildman–Crippen MR) is 68.9 cm³/mol. The molecule has 1 aliphatic carbocycles. The van der Waals surface area contributed by atoms with E-state index in [0.29, 0.717) is 0 Å². The summed E-state index contributed by atoms with van der Waals surface area (Å²) in [4.78, 5) is 2.57. The number of H-pyrrole nitrogens is 1. The molecular weight excluding hydrogens is 210 g/mol. The second-order valence-corrected chi connectivity index (χ2v) is 5.63. The Labute approximate surface area is 104 Å². The lowest BCUT2D eigenvalue weighted by molar-refractivity contribution is 0.327. The van der Waals surface area contributed by atoms with E-state index in [2.05, 4.69) is 21.3 Å². The van der Waals surface area contributed by atoms with Crippen molar-refractivity contribution in [3.05, 3.63) is 17.5 Å². The minimum absolute atomic E-state index is 0.754. The Bertz CT molecular complexity index is 346. The first-order valence-corrected chi connectivity index (χ1v) is 7.18. The quantitative estimate of drug-likeness (QED) is 0.870. The Morgan fingerprint density at radius 2 is 1.88 bits per heavy atom. The average Bonchev–Trinajstić information content (AvgIpc) is 3.02. The third-order valence-corrected chi connectivity index (χ3v) is 4.36. The molecule has 2 aliphatic rings. The van der Waals surface area contributed by atoms with Crippen molar-refractivity contribution in [2.75, 3.05) is 13.1 Å². The van der Waals surface area contributed by atoms with Crippen molar-refractivity contribution in [2.24, 2.45) is 0 Å². The molecular formula is C14H23N3. The smallest absolute Gasteiger partial charge is 0.0535 e. The number of nitrogens with one attached hydrogen (secondary N) is 1. The number of hydrogen-bond donors (Lipinski definition) is 1. The third-order valence-electron chi connectivity index (χ3n) is 4.36. The summed E-state index contributed by atoms with van der Waals surface area (Å²) in [5.74, 6) is 0.754. The summed E-state index contributed by atoms with van der Waals surface area (Å²) in [6.07, 6.45) is 11.7. The molecule has 17 heavy (non-hydrogen) atoms. The van der Waals surface area contributed by atoms with Crippen LogP contribution in [0.5, 0.6) is 0 Å². The number of nitrogens with zero attached hydrogens (tertiary/aromatic N) is 2. The van der Waals surface area contributed by atoms with Crippen LogP contribution in [0.2, 0.25) is 0 Å². The molecule has 3 heteroatoms. The third kappa shape index (κ3) is 2.54. The predicted octanol–water partition coefficient (Wildman–Crippen LogP) is 3.05. The summed E-state index contributed by atoms with van der Waals surface area (Å²) >= 11 is 0. The van der Waals surface area contributed by atoms with Crippen molar-refractivity contribution in [2.45, 2.75) is 57.4 Å². The van der Waals surface area contributed by atoms with Gasteiger partial charge in [-0.2, -0.15) is 5.10 Å². The van der Waals surface area contributed by atoms with E-state index in [1.54, 1.807) is 0 Å². The first-order valence-electron chi connectivity index (χ1n) is 7.18. The normalized spacial score (nSPS) is 23.3. The molecule has 1 aromatic rings. The molecule has 0 radical (unpaired) electrons. The van der Waals surface area contributed by atoms with Crippen LogP contribution >= 0.6 is 0 Å². The molecule has 2 fully saturated rings. The van der Waals surface area contributed by atoms with Gasteiger partial charge in [-0.05, 0) is 38.8 Å². The lowest BCUT2D eigenvalue weighted by Gasteiger charge is -2.23. The van der Waals surface area contributed by atoms with Gasteiger partial charge in [-0.25, -0.2) is 0 Å². The number of hydrogen-bond acceptors (Lipinski definition) is 2. The molecule has 1 aromatic heterocycles. The summed E-state index contributed by atoms with van der Waals surface area (Å²) in [7, 11) is 0. The highest BCUT2D eigenvalue weighted by Crippen LogP contribution is 2.33. The zero-order valence-electron chi connectivity index (χ0n) is 10.6. The minimum atomic E-state index is 0.754. The van der Waals surface area contributed by atoms with Crippen molar-refractivity contribution < 1.29 is 0 Å². The topological polar surface area (TPSA) is 31.9 Å². The first-order chi connectivity index (χ1) is 8.43. The molecule has 94 valence electrons. The molecule has 0 aromatic carbocycles. The van der Waals surface area contributed by atoms with Crippen molar-refractivity contribution in [1.29, 1.82) is 0 Å². The van der Waals surface area contributed by atoms with Crippen molar-refractivity contribution >= 4 is 0 Å². The minimum Gasteiger partial charge on any atom is -0.299 e. The fourth-order valence-corrected chi connectivity index (χ4v) is 3.37. The van der Waals surface area contributed by atoms with E-state index in [1.165, 1.54) is 69.3 Å². The maximum atomic E-state index is 4.29. The fraction of sp³-hybridized carbons (Fsp3) is 0.786. The van der Waals surface area contributed by atoms with Crippen LogP contribution in [0.4, 0.5) is 0 Å². The molecule has 1 N–H and O–H groups in total. The van der Waals surface area contributed by atoms with Crippen molar-refractivity contribution in [3.8, 4) is 0 Å². The Morgan fingerprint density at radius 1 is 1.12 bits per heavy atom. The van der Waals surface area contributed by atoms with E-state index in [0.717, 1.165) is 12.5 Å². The average molecular weight is 233 g/mol. The SMILES string of the molecule is c1n[nH]c(C2CCCCC2)c1CN1CCCC1. The standard InChI is InChI=1S/C14H23N3/c1-2-6-12(7-3-1)14-13(10-15-16-14)11-17-8-4-5-9-17/h10,12H,1-9,11H2,(H,15,16). The Balaban J connectivity index is 1.69. The lowest BCUT2D eigenvalue weighted by Crippen LogP contribution is -2.19. The monoisotopic (exact) mass is 233 g/mol. The molecule has 1 saturated carbocycles. The van der Waals surface area contributed by atoms with E-state index >= 15 is 0 Å². The highest BCUT2D eigenvalue weighted by Gasteiger charge is 2.21. The van der Waals surface area contributed by atoms with E-state index in [9.17, 15) is 0 Å². The van der Waals surface area contributed by atoms with Crippen LogP contribution in [0.3, 0.4) is 0 Å². The maximum Gasteiger partial charge on any atom is 0.0535 e. The number of likely N-dealkylation sites (tertiary alicyclic amines) is 1. The summed E-state index contributed by atoms with van der Waals surface area (Å²) in [6.45, 7) is 3.66. The van der Waals surface area contributed by atoms with E-state index in [1.807, 2.05) is 0 Å². The lowest BCUT2D eigenvalue weighted by atomic mass is 9.85. The van der Waals surface area contributed by atoms with E-state index in [4.69, 9.17) is 0 Å². The second-order valence-electron chi connectivity index (χ2n) is 5.63. The summed E-state index contributed by atoms with van der Waals surface area (Å²) in [5, 5.41) is 7.56. The molecule has 0 unspecified atom stereocenters. The van der Waals surface area contributed by atoms with Gasteiger partial charge in [0.2, 0.25) is 0 Å². The Kier molecular flexibility index (Phi) is 3.46. The van der Waals surface area contributed by atoms with Gasteiger partial charge >= 0.3 is 0 Å². The van der Waals surface area contributed by atoms with Gasteiger partial charge in [0.1, 0.15) is 0 Å². The molecule has 3 nitrogen and oxygen atoms in total. The molecule has 0 bridgehead atoms. The van der Waals surface area contributed by atoms with Gasteiger partial charge in [-0.3, -0.25) is 10.00 Å². The summed E-state index contributed by atoms with van der Waals surface area (Å²) in [5.41, 5.74) is 2.90. The molecule has 1 saturated heterocycles. The molecule has 1 aliphatic heterocycles. The van der Waals surface area contributed by atoms with Gasteiger partial charge in [0.05, 0.1) is 6.20 Å². The number of rotatable bonds is 3. The van der Waals surface area contributed by atoms with Gasteiger partial charge in [0.15, 0.2) is 0 Å². The Morgan fingerprint density at radius 3 is 2.65 bits per heavy atom. The van der Waals surface area contributed by atoms with Crippen LogP contribution in [0.1, 0.15) is 62.1 Å². The Hall–Kier alpha value is -0.830. The summed E-state index contributed by atoms with van der Waals surface area (Å²) in [6, 6.07) is 0. The maximum absolute atomic E-state index is 4.29. The zero-order chi connectivity index (χ0) is 11.5. The fourth-order valence-electron chi connectivity index (χ4n) is 3.37. The van der Waals surface area contributed by atoms with Crippen molar-refractivity contribution in [1.82, 2.24) is 15.1 Å². The van der Waals surface area contributed by atoms with Gasteiger partial charge in [-0.15, -0.1) is 0 Å². The molecule has 3 rings (SSSR count). The van der Waals surface area contributed by atoms with Crippen LogP contribution in [0, 0.1) is 0 Å². The van der Waals surface area contributed by atoms with Gasteiger partial charge in [0, 0.05) is 23.7 Å². The van der Waals surface area contributed by atoms with Crippen LogP contribution < -0.4 is 0 Å². The largest absolute Gasteiger partial charge is 0.299 e. The van der Waals surface area contributed by atoms with E-state index < -0.39 is 0 Å². The van der Waals surface area contributed by atoms with Gasteiger partial charge in [-0.1, -0.05) is 19.3 Å². The molecule has 0 spiro atoms. The van der Waals surface area contributed by atoms with Crippen LogP contribution in [-0.2, 0) is 6.54 Å².